The number of hydrogen-bond donors (Lipinski definition) is 2. The van der Waals surface area contributed by atoms with Gasteiger partial charge in [-0.3, -0.25) is 4.79 Å². The number of nitrogens with zero attached hydrogens (tertiary/aromatic N) is 3. The molecule has 31 heavy (non-hydrogen) atoms. The van der Waals surface area contributed by atoms with Crippen LogP contribution in [0.2, 0.25) is 0 Å². The van der Waals surface area contributed by atoms with E-state index in [0.29, 0.717) is 44.8 Å². The van der Waals surface area contributed by atoms with Gasteiger partial charge >= 0.3 is 0 Å². The number of primary amides is 1. The number of benzene rings is 1. The van der Waals surface area contributed by atoms with Gasteiger partial charge < -0.3 is 20.7 Å². The van der Waals surface area contributed by atoms with Gasteiger partial charge in [0.05, 0.1) is 25.0 Å². The van der Waals surface area contributed by atoms with Crippen molar-refractivity contribution in [2.45, 2.75) is 33.4 Å². The number of amides is 1. The monoisotopic (exact) mass is 567 g/mol. The Labute approximate surface area is 202 Å². The van der Waals surface area contributed by atoms with E-state index < -0.39 is 15.9 Å². The van der Waals surface area contributed by atoms with Crippen LogP contribution in [0.15, 0.2) is 29.3 Å². The Morgan fingerprint density at radius 3 is 2.32 bits per heavy atom. The summed E-state index contributed by atoms with van der Waals surface area (Å²) in [6.07, 6.45) is 0.0166. The second kappa shape index (κ2) is 13.2. The van der Waals surface area contributed by atoms with Crippen molar-refractivity contribution < 1.29 is 17.9 Å². The lowest BCUT2D eigenvalue weighted by atomic mass is 10.1. The molecule has 0 unspecified atom stereocenters. The molecule has 0 aromatic heterocycles. The molecule has 1 fully saturated rings. The number of piperazine rings is 1. The van der Waals surface area contributed by atoms with Crippen molar-refractivity contribution in [1.82, 2.24) is 14.5 Å². The van der Waals surface area contributed by atoms with E-state index in [9.17, 15) is 13.2 Å². The third-order valence-corrected chi connectivity index (χ3v) is 6.54. The molecule has 3 N–H and O–H groups in total. The van der Waals surface area contributed by atoms with Crippen molar-refractivity contribution in [2.75, 3.05) is 45.1 Å². The molecule has 1 heterocycles. The summed E-state index contributed by atoms with van der Waals surface area (Å²) in [6.45, 7) is 9.11. The van der Waals surface area contributed by atoms with E-state index in [0.717, 1.165) is 11.5 Å². The maximum absolute atomic E-state index is 12.5. The molecule has 0 saturated carbocycles. The number of rotatable bonds is 9. The highest BCUT2D eigenvalue weighted by atomic mass is 127. The number of ether oxygens (including phenoxy) is 1. The predicted octanol–water partition coefficient (Wildman–Crippen LogP) is 1.24. The van der Waals surface area contributed by atoms with Crippen molar-refractivity contribution in [3.63, 3.8) is 0 Å². The maximum atomic E-state index is 12.5. The van der Waals surface area contributed by atoms with Crippen LogP contribution < -0.4 is 11.1 Å². The Balaban J connectivity index is 0.00000480. The first kappa shape index (κ1) is 27.6. The Morgan fingerprint density at radius 1 is 1.19 bits per heavy atom. The van der Waals surface area contributed by atoms with Crippen LogP contribution in [0.25, 0.3) is 0 Å². The van der Waals surface area contributed by atoms with Crippen molar-refractivity contribution in [3.8, 4) is 0 Å². The van der Waals surface area contributed by atoms with Crippen LogP contribution in [0.5, 0.6) is 0 Å². The number of sulfonamides is 1. The zero-order valence-electron chi connectivity index (χ0n) is 18.4. The van der Waals surface area contributed by atoms with Crippen LogP contribution in [0.1, 0.15) is 36.7 Å². The van der Waals surface area contributed by atoms with Gasteiger partial charge in [0.15, 0.2) is 5.96 Å². The van der Waals surface area contributed by atoms with Crippen LogP contribution in [0.3, 0.4) is 0 Å². The van der Waals surface area contributed by atoms with Gasteiger partial charge in [-0.2, -0.15) is 4.31 Å². The number of aliphatic imine (C=N–C) groups is 1. The molecule has 11 heteroatoms. The number of nitrogens with one attached hydrogen (secondary N) is 1. The van der Waals surface area contributed by atoms with Crippen LogP contribution in [0.4, 0.5) is 0 Å². The average Bonchev–Trinajstić information content (AvgIpc) is 2.71. The summed E-state index contributed by atoms with van der Waals surface area (Å²) >= 11 is 0. The van der Waals surface area contributed by atoms with Crippen LogP contribution >= 0.6 is 24.0 Å². The van der Waals surface area contributed by atoms with Crippen LogP contribution in [-0.2, 0) is 21.3 Å². The largest absolute Gasteiger partial charge is 0.378 e. The van der Waals surface area contributed by atoms with E-state index in [1.807, 2.05) is 32.9 Å². The lowest BCUT2D eigenvalue weighted by Gasteiger charge is -2.36. The van der Waals surface area contributed by atoms with Gasteiger partial charge in [-0.15, -0.1) is 24.0 Å². The van der Waals surface area contributed by atoms with Gasteiger partial charge in [-0.25, -0.2) is 13.4 Å². The van der Waals surface area contributed by atoms with E-state index in [1.165, 1.54) is 4.31 Å². The number of hydrogen-bond acceptors (Lipinski definition) is 5. The fourth-order valence-corrected chi connectivity index (χ4v) is 4.35. The van der Waals surface area contributed by atoms with Crippen LogP contribution in [0, 0.1) is 0 Å². The molecule has 2 rings (SSSR count). The van der Waals surface area contributed by atoms with Gasteiger partial charge in [0, 0.05) is 38.3 Å². The summed E-state index contributed by atoms with van der Waals surface area (Å²) in [5.41, 5.74) is 6.69. The highest BCUT2D eigenvalue weighted by molar-refractivity contribution is 14.0. The first-order chi connectivity index (χ1) is 14.2. The summed E-state index contributed by atoms with van der Waals surface area (Å²) < 4.78 is 31.9. The van der Waals surface area contributed by atoms with Crippen molar-refractivity contribution in [2.24, 2.45) is 10.7 Å². The van der Waals surface area contributed by atoms with Gasteiger partial charge in [0.1, 0.15) is 0 Å². The lowest BCUT2D eigenvalue weighted by Crippen LogP contribution is -2.54. The Bertz CT molecular complexity index is 822. The lowest BCUT2D eigenvalue weighted by molar-refractivity contribution is 0.0904. The summed E-state index contributed by atoms with van der Waals surface area (Å²) in [5, 5.41) is 3.27. The number of guanidine groups is 1. The molecule has 1 aromatic rings. The van der Waals surface area contributed by atoms with E-state index in [2.05, 4.69) is 15.2 Å². The molecule has 1 aliphatic rings. The number of nitrogens with two attached hydrogens (primary N) is 1. The van der Waals surface area contributed by atoms with E-state index in [4.69, 9.17) is 10.5 Å². The highest BCUT2D eigenvalue weighted by Gasteiger charge is 2.28. The molecule has 0 spiro atoms. The zero-order chi connectivity index (χ0) is 22.1. The second-order valence-corrected chi connectivity index (χ2v) is 9.44. The molecule has 176 valence electrons. The minimum absolute atomic E-state index is 0. The van der Waals surface area contributed by atoms with E-state index in [1.54, 1.807) is 12.1 Å². The van der Waals surface area contributed by atoms with Gasteiger partial charge in [-0.05, 0) is 38.5 Å². The molecule has 1 saturated heterocycles. The normalized spacial score (nSPS) is 15.6. The fourth-order valence-electron chi connectivity index (χ4n) is 3.06. The average molecular weight is 567 g/mol. The third-order valence-electron chi connectivity index (χ3n) is 4.71. The third kappa shape index (κ3) is 8.91. The van der Waals surface area contributed by atoms with E-state index in [-0.39, 0.29) is 42.4 Å². The molecule has 1 amide bonds. The second-order valence-electron chi connectivity index (χ2n) is 7.35. The summed E-state index contributed by atoms with van der Waals surface area (Å²) in [6, 6.07) is 7.04. The van der Waals surface area contributed by atoms with Crippen molar-refractivity contribution in [1.29, 1.82) is 0 Å². The maximum Gasteiger partial charge on any atom is 0.248 e. The number of carbonyl (C=O) groups excluding carboxylic acids is 1. The molecule has 0 radical (unpaired) electrons. The molecule has 0 aliphatic carbocycles. The smallest absolute Gasteiger partial charge is 0.248 e. The topological polar surface area (TPSA) is 117 Å². The van der Waals surface area contributed by atoms with Gasteiger partial charge in [0.2, 0.25) is 15.9 Å². The van der Waals surface area contributed by atoms with Gasteiger partial charge in [-0.1, -0.05) is 12.1 Å². The fraction of sp³-hybridized carbons (Fsp3) is 0.600. The zero-order valence-corrected chi connectivity index (χ0v) is 21.6. The van der Waals surface area contributed by atoms with E-state index >= 15 is 0 Å². The quantitative estimate of drug-likeness (QED) is 0.264. The summed E-state index contributed by atoms with van der Waals surface area (Å²) in [5.74, 6) is 0.291. The van der Waals surface area contributed by atoms with Crippen LogP contribution in [-0.4, -0.2) is 80.7 Å². The van der Waals surface area contributed by atoms with Crippen molar-refractivity contribution >= 4 is 45.9 Å². The molecule has 1 aliphatic heterocycles. The molecule has 0 atom stereocenters. The predicted molar refractivity (Wildman–Crippen MR) is 133 cm³/mol. The molecular weight excluding hydrogens is 533 g/mol. The Hall–Kier alpha value is -1.44. The highest BCUT2D eigenvalue weighted by Crippen LogP contribution is 2.10. The summed E-state index contributed by atoms with van der Waals surface area (Å²) in [7, 11) is -3.32. The molecule has 0 bridgehead atoms. The standard InChI is InChI=1S/C20H33N5O4S.HI/c1-4-22-20(23-15-17-5-7-18(8-6-17)19(21)26)24-9-11-25(12-10-24)30(27,28)14-13-29-16(2)3;/h5-8,16H,4,9-15H2,1-3H3,(H2,21,26)(H,22,23);1H. The minimum atomic E-state index is -3.32. The minimum Gasteiger partial charge on any atom is -0.378 e. The SMILES string of the molecule is CCNC(=NCc1ccc(C(N)=O)cc1)N1CCN(S(=O)(=O)CCOC(C)C)CC1.I. The molecule has 9 nitrogen and oxygen atoms in total. The molecule has 1 aromatic carbocycles. The van der Waals surface area contributed by atoms with Crippen molar-refractivity contribution in [3.05, 3.63) is 35.4 Å². The number of halogens is 1. The Morgan fingerprint density at radius 2 is 1.81 bits per heavy atom. The van der Waals surface area contributed by atoms with Gasteiger partial charge in [0.25, 0.3) is 0 Å². The first-order valence-electron chi connectivity index (χ1n) is 10.2. The molecular formula is C20H34IN5O4S. The summed E-state index contributed by atoms with van der Waals surface area (Å²) in [4.78, 5) is 17.9. The first-order valence-corrected chi connectivity index (χ1v) is 11.8. The Kier molecular flexibility index (Phi) is 11.7. The number of carbonyl (C=O) groups is 1.